The van der Waals surface area contributed by atoms with Crippen LogP contribution in [0.2, 0.25) is 5.02 Å². The van der Waals surface area contributed by atoms with Crippen LogP contribution in [0.25, 0.3) is 38.8 Å². The number of benzene rings is 2. The molecule has 0 saturated carbocycles. The minimum Gasteiger partial charge on any atom is -0.407 e. The van der Waals surface area contributed by atoms with E-state index < -0.39 is 11.6 Å². The van der Waals surface area contributed by atoms with Crippen molar-refractivity contribution in [3.8, 4) is 16.8 Å². The molecule has 1 amide bonds. The number of anilines is 1. The van der Waals surface area contributed by atoms with Gasteiger partial charge in [0.15, 0.2) is 11.4 Å². The molecule has 2 atom stereocenters. The van der Waals surface area contributed by atoms with E-state index in [0.29, 0.717) is 70.6 Å². The topological polar surface area (TPSA) is 104 Å². The molecule has 11 heteroatoms. The van der Waals surface area contributed by atoms with Gasteiger partial charge in [-0.3, -0.25) is 24.1 Å². The van der Waals surface area contributed by atoms with Gasteiger partial charge in [0.2, 0.25) is 5.91 Å². The van der Waals surface area contributed by atoms with Crippen molar-refractivity contribution in [3.63, 3.8) is 0 Å². The van der Waals surface area contributed by atoms with Crippen molar-refractivity contribution in [2.24, 2.45) is 0 Å². The summed E-state index contributed by atoms with van der Waals surface area (Å²) in [6.07, 6.45) is 4.12. The highest BCUT2D eigenvalue weighted by Crippen LogP contribution is 2.46. The Balaban J connectivity index is 1.62. The summed E-state index contributed by atoms with van der Waals surface area (Å²) in [6, 6.07) is 6.75. The number of hydrogen-bond donors (Lipinski definition) is 1. The van der Waals surface area contributed by atoms with Gasteiger partial charge in [-0.2, -0.15) is 0 Å². The maximum absolute atomic E-state index is 17.7. The molecule has 2 aromatic carbocycles. The number of fused-ring (bicyclic) bond motifs is 6. The summed E-state index contributed by atoms with van der Waals surface area (Å²) in [6.45, 7) is 14.2. The third-order valence-electron chi connectivity index (χ3n) is 9.70. The first kappa shape index (κ1) is 30.9. The highest BCUT2D eigenvalue weighted by Gasteiger charge is 2.40. The minimum absolute atomic E-state index is 0.0351. The lowest BCUT2D eigenvalue weighted by molar-refractivity contribution is -0.129. The first-order valence-electron chi connectivity index (χ1n) is 15.8. The number of nitrogens with zero attached hydrogens (tertiary/aromatic N) is 4. The number of H-pyrrole nitrogens is 1. The highest BCUT2D eigenvalue weighted by atomic mass is 35.5. The van der Waals surface area contributed by atoms with Crippen molar-refractivity contribution >= 4 is 45.2 Å². The van der Waals surface area contributed by atoms with Crippen molar-refractivity contribution in [1.29, 1.82) is 0 Å². The molecular formula is C36H35ClFN5O4. The maximum atomic E-state index is 17.7. The molecule has 0 radical (unpaired) electrons. The number of hydrogen-bond acceptors (Lipinski definition) is 6. The first-order valence-corrected chi connectivity index (χ1v) is 16.2. The van der Waals surface area contributed by atoms with Gasteiger partial charge in [-0.1, -0.05) is 38.1 Å². The number of aryl methyl sites for hydroxylation is 2. The summed E-state index contributed by atoms with van der Waals surface area (Å²) >= 11 is 7.05. The molecule has 1 N–H and O–H groups in total. The number of carbonyl (C=O) groups excluding carboxylic acids is 1. The summed E-state index contributed by atoms with van der Waals surface area (Å²) in [5.74, 6) is -1.59. The van der Waals surface area contributed by atoms with Crippen molar-refractivity contribution in [2.75, 3.05) is 18.0 Å². The zero-order chi connectivity index (χ0) is 33.5. The molecule has 242 valence electrons. The van der Waals surface area contributed by atoms with Gasteiger partial charge in [0, 0.05) is 53.4 Å². The summed E-state index contributed by atoms with van der Waals surface area (Å²) in [7, 11) is 0. The Morgan fingerprint density at radius 2 is 1.91 bits per heavy atom. The van der Waals surface area contributed by atoms with E-state index in [0.717, 1.165) is 5.56 Å². The molecule has 9 nitrogen and oxygen atoms in total. The van der Waals surface area contributed by atoms with Gasteiger partial charge in [0.1, 0.15) is 0 Å². The number of oxazole rings is 1. The Bertz CT molecular complexity index is 2270. The van der Waals surface area contributed by atoms with E-state index in [2.05, 4.69) is 21.4 Å². The van der Waals surface area contributed by atoms with Crippen molar-refractivity contribution in [2.45, 2.75) is 65.5 Å². The SMILES string of the molecule is C=CC(=O)N1CC2CCc3c(c4cc(Cl)c(-c5c(C)ccc6[nH]c(=O)oc56)c(F)c4n(-c4c(C)ccnc4C(C)C)c3=O)N2CC1C. The van der Waals surface area contributed by atoms with Gasteiger partial charge >= 0.3 is 5.76 Å². The summed E-state index contributed by atoms with van der Waals surface area (Å²) < 4.78 is 24.7. The number of aromatic amines is 1. The fourth-order valence-electron chi connectivity index (χ4n) is 7.51. The molecule has 2 aliphatic rings. The number of halogens is 2. The number of piperazine rings is 1. The monoisotopic (exact) mass is 655 g/mol. The van der Waals surface area contributed by atoms with Crippen molar-refractivity contribution in [1.82, 2.24) is 19.4 Å². The molecule has 5 heterocycles. The van der Waals surface area contributed by atoms with Gasteiger partial charge in [-0.15, -0.1) is 0 Å². The molecule has 7 rings (SSSR count). The fraction of sp³-hybridized carbons (Fsp3) is 0.333. The lowest BCUT2D eigenvalue weighted by Gasteiger charge is -2.49. The molecule has 0 aliphatic carbocycles. The van der Waals surface area contributed by atoms with E-state index in [1.165, 1.54) is 10.6 Å². The van der Waals surface area contributed by atoms with Crippen LogP contribution in [0, 0.1) is 19.7 Å². The Hall–Kier alpha value is -4.70. The molecule has 47 heavy (non-hydrogen) atoms. The van der Waals surface area contributed by atoms with Crippen LogP contribution in [0.1, 0.15) is 55.5 Å². The number of rotatable bonds is 4. The lowest BCUT2D eigenvalue weighted by Crippen LogP contribution is -2.60. The minimum atomic E-state index is -0.708. The molecule has 3 aromatic heterocycles. The predicted octanol–water partition coefficient (Wildman–Crippen LogP) is 6.56. The molecule has 0 spiro atoms. The number of amides is 1. The van der Waals surface area contributed by atoms with Crippen molar-refractivity contribution in [3.05, 3.63) is 97.2 Å². The number of carbonyl (C=O) groups is 1. The molecule has 0 bridgehead atoms. The zero-order valence-corrected chi connectivity index (χ0v) is 27.7. The summed E-state index contributed by atoms with van der Waals surface area (Å²) in [5.41, 5.74) is 4.52. The Morgan fingerprint density at radius 1 is 1.15 bits per heavy atom. The van der Waals surface area contributed by atoms with Crippen LogP contribution in [0.4, 0.5) is 10.1 Å². The smallest absolute Gasteiger partial charge is 0.407 e. The van der Waals surface area contributed by atoms with E-state index in [4.69, 9.17) is 16.0 Å². The second kappa shape index (κ2) is 11.2. The molecule has 1 saturated heterocycles. The van der Waals surface area contributed by atoms with Gasteiger partial charge in [-0.25, -0.2) is 9.18 Å². The van der Waals surface area contributed by atoms with Crippen LogP contribution >= 0.6 is 11.6 Å². The average molecular weight is 656 g/mol. The van der Waals surface area contributed by atoms with Crippen LogP contribution in [0.3, 0.4) is 0 Å². The van der Waals surface area contributed by atoms with Crippen LogP contribution in [-0.4, -0.2) is 50.5 Å². The Morgan fingerprint density at radius 3 is 2.64 bits per heavy atom. The Kier molecular flexibility index (Phi) is 7.39. The van der Waals surface area contributed by atoms with Crippen LogP contribution in [0.15, 0.2) is 57.1 Å². The summed E-state index contributed by atoms with van der Waals surface area (Å²) in [4.78, 5) is 51.1. The van der Waals surface area contributed by atoms with Crippen LogP contribution < -0.4 is 16.2 Å². The first-order chi connectivity index (χ1) is 22.4. The number of pyridine rings is 2. The van der Waals surface area contributed by atoms with E-state index >= 15 is 4.39 Å². The fourth-order valence-corrected chi connectivity index (χ4v) is 7.79. The van der Waals surface area contributed by atoms with E-state index in [9.17, 15) is 14.4 Å². The van der Waals surface area contributed by atoms with Gasteiger partial charge in [0.05, 0.1) is 33.1 Å². The third kappa shape index (κ3) is 4.64. The molecule has 2 unspecified atom stereocenters. The number of nitrogens with one attached hydrogen (secondary N) is 1. The predicted molar refractivity (Wildman–Crippen MR) is 183 cm³/mol. The second-order valence-corrected chi connectivity index (χ2v) is 13.4. The molecule has 5 aromatic rings. The van der Waals surface area contributed by atoms with Gasteiger partial charge in [-0.05, 0) is 74.9 Å². The lowest BCUT2D eigenvalue weighted by atomic mass is 9.89. The average Bonchev–Trinajstić information content (AvgIpc) is 3.42. The van der Waals surface area contributed by atoms with Crippen molar-refractivity contribution < 1.29 is 13.6 Å². The standard InChI is InChI=1S/C36H35ClFN5O4/c1-7-26(44)41-16-21-9-10-22-32(42(21)15-20(41)6)23-14-24(37)28(27-18(4)8-11-25-34(27)47-36(46)40-25)29(38)33(23)43(35(22)45)31-19(5)12-13-39-30(31)17(2)3/h7-8,11-14,17,20-21H,1,9-10,15-16H2,2-6H3,(H,40,46). The summed E-state index contributed by atoms with van der Waals surface area (Å²) in [5, 5.41) is 0.606. The second-order valence-electron chi connectivity index (χ2n) is 13.0. The third-order valence-corrected chi connectivity index (χ3v) is 10.0. The maximum Gasteiger partial charge on any atom is 0.417 e. The zero-order valence-electron chi connectivity index (χ0n) is 26.9. The highest BCUT2D eigenvalue weighted by molar-refractivity contribution is 6.35. The van der Waals surface area contributed by atoms with Crippen LogP contribution in [0.5, 0.6) is 0 Å². The Labute approximate surface area is 275 Å². The van der Waals surface area contributed by atoms with Gasteiger partial charge in [0.25, 0.3) is 5.56 Å². The van der Waals surface area contributed by atoms with E-state index in [-0.39, 0.29) is 51.2 Å². The number of aromatic nitrogens is 3. The molecule has 1 fully saturated rings. The quantitative estimate of drug-likeness (QED) is 0.220. The molecule has 2 aliphatic heterocycles. The van der Waals surface area contributed by atoms with E-state index in [1.807, 2.05) is 33.8 Å². The normalized spacial score (nSPS) is 17.8. The largest absolute Gasteiger partial charge is 0.417 e. The van der Waals surface area contributed by atoms with E-state index in [1.54, 1.807) is 36.2 Å². The molecular weight excluding hydrogens is 621 g/mol. The van der Waals surface area contributed by atoms with Gasteiger partial charge < -0.3 is 14.2 Å². The van der Waals surface area contributed by atoms with Crippen LogP contribution in [-0.2, 0) is 11.2 Å².